The lowest BCUT2D eigenvalue weighted by Gasteiger charge is -2.25. The molecule has 6 heteroatoms. The molecular formula is C9H18N4S2. The van der Waals surface area contributed by atoms with Gasteiger partial charge in [-0.05, 0) is 19.7 Å². The fraction of sp³-hybridized carbons (Fsp3) is 0.778. The number of nitrogens with zero attached hydrogens (tertiary/aromatic N) is 3. The molecule has 0 radical (unpaired) electrons. The zero-order valence-corrected chi connectivity index (χ0v) is 11.1. The third-order valence-electron chi connectivity index (χ3n) is 2.32. The average molecular weight is 246 g/mol. The van der Waals surface area contributed by atoms with Gasteiger partial charge in [-0.2, -0.15) is 11.8 Å². The number of aromatic nitrogens is 2. The highest BCUT2D eigenvalue weighted by molar-refractivity contribution is 7.98. The molecule has 0 amide bonds. The van der Waals surface area contributed by atoms with Crippen LogP contribution in [0.15, 0.2) is 0 Å². The Balaban J connectivity index is 2.49. The standard InChI is InChI=1S/C9H18N4S2/c1-4-7(6-14-3)13(2)5-8-11-12-9(10)15-8/h7H,4-6H2,1-3H3,(H2,10,12). The highest BCUT2D eigenvalue weighted by Crippen LogP contribution is 2.16. The minimum absolute atomic E-state index is 0.552. The molecule has 86 valence electrons. The Kier molecular flexibility index (Phi) is 5.35. The van der Waals surface area contributed by atoms with Gasteiger partial charge in [-0.3, -0.25) is 4.90 Å². The number of anilines is 1. The zero-order chi connectivity index (χ0) is 11.3. The zero-order valence-electron chi connectivity index (χ0n) is 9.43. The number of thioether (sulfide) groups is 1. The van der Waals surface area contributed by atoms with Crippen molar-refractivity contribution in [3.63, 3.8) is 0 Å². The van der Waals surface area contributed by atoms with Crippen molar-refractivity contribution in [2.24, 2.45) is 0 Å². The van der Waals surface area contributed by atoms with Gasteiger partial charge in [0.25, 0.3) is 0 Å². The van der Waals surface area contributed by atoms with Crippen LogP contribution in [0.25, 0.3) is 0 Å². The predicted molar refractivity (Wildman–Crippen MR) is 68.2 cm³/mol. The molecule has 0 saturated carbocycles. The highest BCUT2D eigenvalue weighted by atomic mass is 32.2. The molecule has 1 unspecified atom stereocenters. The van der Waals surface area contributed by atoms with E-state index in [4.69, 9.17) is 5.73 Å². The Morgan fingerprint density at radius 1 is 1.53 bits per heavy atom. The van der Waals surface area contributed by atoms with Gasteiger partial charge >= 0.3 is 0 Å². The SMILES string of the molecule is CCC(CSC)N(C)Cc1nnc(N)s1. The first-order chi connectivity index (χ1) is 7.17. The lowest BCUT2D eigenvalue weighted by atomic mass is 10.2. The van der Waals surface area contributed by atoms with Gasteiger partial charge in [0.05, 0.1) is 6.54 Å². The Labute approximate surface area is 99.3 Å². The Morgan fingerprint density at radius 2 is 2.27 bits per heavy atom. The van der Waals surface area contributed by atoms with Gasteiger partial charge in [0.15, 0.2) is 0 Å². The molecule has 0 bridgehead atoms. The van der Waals surface area contributed by atoms with E-state index in [9.17, 15) is 0 Å². The van der Waals surface area contributed by atoms with E-state index < -0.39 is 0 Å². The van der Waals surface area contributed by atoms with E-state index in [-0.39, 0.29) is 0 Å². The molecule has 1 atom stereocenters. The second-order valence-corrected chi connectivity index (χ2v) is 5.47. The van der Waals surface area contributed by atoms with Gasteiger partial charge in [0.2, 0.25) is 5.13 Å². The summed E-state index contributed by atoms with van der Waals surface area (Å²) in [6, 6.07) is 0.602. The van der Waals surface area contributed by atoms with Crippen LogP contribution >= 0.6 is 23.1 Å². The summed E-state index contributed by atoms with van der Waals surface area (Å²) >= 11 is 3.35. The molecule has 0 spiro atoms. The van der Waals surface area contributed by atoms with Crippen molar-refractivity contribution in [3.05, 3.63) is 5.01 Å². The van der Waals surface area contributed by atoms with Crippen LogP contribution < -0.4 is 5.73 Å². The van der Waals surface area contributed by atoms with Crippen LogP contribution in [0.4, 0.5) is 5.13 Å². The van der Waals surface area contributed by atoms with Crippen LogP contribution in [0.2, 0.25) is 0 Å². The maximum Gasteiger partial charge on any atom is 0.203 e. The molecule has 15 heavy (non-hydrogen) atoms. The summed E-state index contributed by atoms with van der Waals surface area (Å²) in [7, 11) is 2.13. The van der Waals surface area contributed by atoms with Crippen LogP contribution in [0.3, 0.4) is 0 Å². The van der Waals surface area contributed by atoms with Crippen molar-refractivity contribution in [2.45, 2.75) is 25.9 Å². The first-order valence-electron chi connectivity index (χ1n) is 4.94. The van der Waals surface area contributed by atoms with Gasteiger partial charge in [-0.25, -0.2) is 0 Å². The molecule has 1 aromatic heterocycles. The normalized spacial score (nSPS) is 13.3. The van der Waals surface area contributed by atoms with E-state index in [1.807, 2.05) is 11.8 Å². The smallest absolute Gasteiger partial charge is 0.203 e. The van der Waals surface area contributed by atoms with Gasteiger partial charge in [-0.15, -0.1) is 10.2 Å². The molecule has 1 rings (SSSR count). The fourth-order valence-electron chi connectivity index (χ4n) is 1.42. The Hall–Kier alpha value is -0.330. The van der Waals surface area contributed by atoms with Crippen molar-refractivity contribution in [1.29, 1.82) is 0 Å². The maximum atomic E-state index is 5.54. The molecule has 0 aliphatic carbocycles. The largest absolute Gasteiger partial charge is 0.374 e. The lowest BCUT2D eigenvalue weighted by Crippen LogP contribution is -2.32. The van der Waals surface area contributed by atoms with Gasteiger partial charge in [0, 0.05) is 11.8 Å². The maximum absolute atomic E-state index is 5.54. The fourth-order valence-corrected chi connectivity index (χ4v) is 2.97. The summed E-state index contributed by atoms with van der Waals surface area (Å²) in [5.41, 5.74) is 5.54. The van der Waals surface area contributed by atoms with Crippen molar-refractivity contribution in [2.75, 3.05) is 24.8 Å². The number of nitrogens with two attached hydrogens (primary N) is 1. The van der Waals surface area contributed by atoms with E-state index in [1.54, 1.807) is 0 Å². The molecule has 1 aromatic rings. The monoisotopic (exact) mass is 246 g/mol. The highest BCUT2D eigenvalue weighted by Gasteiger charge is 2.14. The van der Waals surface area contributed by atoms with E-state index in [0.29, 0.717) is 11.2 Å². The summed E-state index contributed by atoms with van der Waals surface area (Å²) < 4.78 is 0. The molecule has 0 aliphatic rings. The lowest BCUT2D eigenvalue weighted by molar-refractivity contribution is 0.247. The molecule has 2 N–H and O–H groups in total. The van der Waals surface area contributed by atoms with E-state index in [0.717, 1.165) is 23.7 Å². The van der Waals surface area contributed by atoms with Gasteiger partial charge in [-0.1, -0.05) is 18.3 Å². The molecule has 0 fully saturated rings. The predicted octanol–water partition coefficient (Wildman–Crippen LogP) is 1.69. The summed E-state index contributed by atoms with van der Waals surface area (Å²) in [6.45, 7) is 3.06. The van der Waals surface area contributed by atoms with Crippen LogP contribution in [0.5, 0.6) is 0 Å². The molecule has 0 aliphatic heterocycles. The second-order valence-electron chi connectivity index (χ2n) is 3.47. The minimum Gasteiger partial charge on any atom is -0.374 e. The molecule has 0 saturated heterocycles. The van der Waals surface area contributed by atoms with Crippen LogP contribution in [0, 0.1) is 0 Å². The van der Waals surface area contributed by atoms with Gasteiger partial charge in [0.1, 0.15) is 5.01 Å². The quantitative estimate of drug-likeness (QED) is 0.828. The van der Waals surface area contributed by atoms with Crippen LogP contribution in [-0.2, 0) is 6.54 Å². The summed E-state index contributed by atoms with van der Waals surface area (Å²) in [6.07, 6.45) is 3.30. The molecule has 4 nitrogen and oxygen atoms in total. The number of hydrogen-bond acceptors (Lipinski definition) is 6. The van der Waals surface area contributed by atoms with Crippen LogP contribution in [0.1, 0.15) is 18.4 Å². The third kappa shape index (κ3) is 3.96. The Bertz CT molecular complexity index is 289. The van der Waals surface area contributed by atoms with E-state index >= 15 is 0 Å². The summed E-state index contributed by atoms with van der Waals surface area (Å²) in [5, 5.41) is 9.39. The number of rotatable bonds is 6. The van der Waals surface area contributed by atoms with E-state index in [2.05, 4.69) is 35.3 Å². The van der Waals surface area contributed by atoms with Crippen molar-refractivity contribution in [3.8, 4) is 0 Å². The number of hydrogen-bond donors (Lipinski definition) is 1. The van der Waals surface area contributed by atoms with Crippen molar-refractivity contribution >= 4 is 28.2 Å². The average Bonchev–Trinajstić information content (AvgIpc) is 2.60. The molecule has 1 heterocycles. The summed E-state index contributed by atoms with van der Waals surface area (Å²) in [4.78, 5) is 2.32. The summed E-state index contributed by atoms with van der Waals surface area (Å²) in [5.74, 6) is 1.15. The van der Waals surface area contributed by atoms with Crippen molar-refractivity contribution < 1.29 is 0 Å². The van der Waals surface area contributed by atoms with Gasteiger partial charge < -0.3 is 5.73 Å². The first-order valence-corrected chi connectivity index (χ1v) is 7.15. The van der Waals surface area contributed by atoms with E-state index in [1.165, 1.54) is 11.3 Å². The first kappa shape index (κ1) is 12.7. The van der Waals surface area contributed by atoms with Crippen molar-refractivity contribution in [1.82, 2.24) is 15.1 Å². The topological polar surface area (TPSA) is 55.0 Å². The minimum atomic E-state index is 0.552. The number of nitrogen functional groups attached to an aromatic ring is 1. The molecular weight excluding hydrogens is 228 g/mol. The third-order valence-corrected chi connectivity index (χ3v) is 3.78. The second kappa shape index (κ2) is 6.30. The van der Waals surface area contributed by atoms with Crippen LogP contribution in [-0.4, -0.2) is 40.2 Å². The molecule has 0 aromatic carbocycles. The Morgan fingerprint density at radius 3 is 2.73 bits per heavy atom.